The summed E-state index contributed by atoms with van der Waals surface area (Å²) in [7, 11) is 1.42. The summed E-state index contributed by atoms with van der Waals surface area (Å²) in [5.41, 5.74) is 0.263. The first-order valence-electron chi connectivity index (χ1n) is 5.78. The molecule has 0 bridgehead atoms. The molecule has 1 aromatic heterocycles. The summed E-state index contributed by atoms with van der Waals surface area (Å²) in [6.07, 6.45) is 5.12. The Morgan fingerprint density at radius 2 is 2.05 bits per heavy atom. The van der Waals surface area contributed by atoms with Crippen LogP contribution in [0.1, 0.15) is 21.6 Å². The molecule has 0 spiro atoms. The molecule has 1 heterocycles. The standard InChI is InChI=1S/C13H15N3O4/c1-5-6-16(7-10(17)18)13(20)11-8(2)9(3)14-15(4)12(11)19/h1H,6-7H2,2-4H3,(H,17,18). The number of terminal acetylenes is 1. The van der Waals surface area contributed by atoms with Gasteiger partial charge >= 0.3 is 5.97 Å². The maximum absolute atomic E-state index is 12.3. The van der Waals surface area contributed by atoms with E-state index < -0.39 is 24.0 Å². The zero-order chi connectivity index (χ0) is 15.4. The van der Waals surface area contributed by atoms with Crippen molar-refractivity contribution in [3.8, 4) is 12.3 Å². The van der Waals surface area contributed by atoms with Crippen LogP contribution in [0, 0.1) is 26.2 Å². The first-order valence-corrected chi connectivity index (χ1v) is 5.78. The number of carbonyl (C=O) groups is 2. The molecule has 0 aromatic carbocycles. The Morgan fingerprint density at radius 1 is 1.45 bits per heavy atom. The van der Waals surface area contributed by atoms with E-state index in [0.29, 0.717) is 11.3 Å². The van der Waals surface area contributed by atoms with Gasteiger partial charge in [-0.2, -0.15) is 5.10 Å². The van der Waals surface area contributed by atoms with E-state index in [-0.39, 0.29) is 12.1 Å². The van der Waals surface area contributed by atoms with Gasteiger partial charge in [0.2, 0.25) is 0 Å². The third kappa shape index (κ3) is 3.03. The number of amides is 1. The smallest absolute Gasteiger partial charge is 0.323 e. The molecule has 0 radical (unpaired) electrons. The zero-order valence-electron chi connectivity index (χ0n) is 11.5. The number of rotatable bonds is 4. The van der Waals surface area contributed by atoms with Crippen LogP contribution in [-0.4, -0.2) is 44.8 Å². The number of carbonyl (C=O) groups excluding carboxylic acids is 1. The average molecular weight is 277 g/mol. The Bertz CT molecular complexity index is 655. The minimum Gasteiger partial charge on any atom is -0.480 e. The zero-order valence-corrected chi connectivity index (χ0v) is 11.5. The van der Waals surface area contributed by atoms with Crippen LogP contribution in [-0.2, 0) is 11.8 Å². The SMILES string of the molecule is C#CCN(CC(=O)O)C(=O)c1c(C)c(C)nn(C)c1=O. The van der Waals surface area contributed by atoms with Gasteiger partial charge in [-0.15, -0.1) is 6.42 Å². The van der Waals surface area contributed by atoms with E-state index in [1.54, 1.807) is 13.8 Å². The number of carboxylic acid groups (broad SMARTS) is 1. The first-order chi connectivity index (χ1) is 9.29. The van der Waals surface area contributed by atoms with Crippen molar-refractivity contribution in [2.24, 2.45) is 7.05 Å². The number of nitrogens with zero attached hydrogens (tertiary/aromatic N) is 3. The lowest BCUT2D eigenvalue weighted by Gasteiger charge is -2.19. The van der Waals surface area contributed by atoms with Gasteiger partial charge in [-0.25, -0.2) is 4.68 Å². The maximum Gasteiger partial charge on any atom is 0.323 e. The fourth-order valence-electron chi connectivity index (χ4n) is 1.73. The molecule has 0 aliphatic carbocycles. The lowest BCUT2D eigenvalue weighted by molar-refractivity contribution is -0.137. The van der Waals surface area contributed by atoms with Gasteiger partial charge in [0.05, 0.1) is 12.2 Å². The second-order valence-electron chi connectivity index (χ2n) is 4.27. The first kappa shape index (κ1) is 15.4. The summed E-state index contributed by atoms with van der Waals surface area (Å²) in [6, 6.07) is 0. The largest absolute Gasteiger partial charge is 0.480 e. The van der Waals surface area contributed by atoms with Crippen LogP contribution in [0.2, 0.25) is 0 Å². The van der Waals surface area contributed by atoms with Crippen molar-refractivity contribution in [1.82, 2.24) is 14.7 Å². The van der Waals surface area contributed by atoms with Crippen LogP contribution in [0.25, 0.3) is 0 Å². The van der Waals surface area contributed by atoms with Gasteiger partial charge in [-0.1, -0.05) is 5.92 Å². The molecular weight excluding hydrogens is 262 g/mol. The van der Waals surface area contributed by atoms with Crippen LogP contribution in [0.4, 0.5) is 0 Å². The van der Waals surface area contributed by atoms with Crippen LogP contribution in [0.15, 0.2) is 4.79 Å². The molecule has 1 rings (SSSR count). The molecule has 0 saturated heterocycles. The number of aromatic nitrogens is 2. The molecule has 106 valence electrons. The second kappa shape index (κ2) is 6.02. The Morgan fingerprint density at radius 3 is 2.55 bits per heavy atom. The highest BCUT2D eigenvalue weighted by Gasteiger charge is 2.24. The van der Waals surface area contributed by atoms with Gasteiger partial charge in [0.15, 0.2) is 0 Å². The van der Waals surface area contributed by atoms with Gasteiger partial charge in [-0.05, 0) is 19.4 Å². The van der Waals surface area contributed by atoms with Gasteiger partial charge < -0.3 is 10.0 Å². The second-order valence-corrected chi connectivity index (χ2v) is 4.27. The van der Waals surface area contributed by atoms with Crippen LogP contribution >= 0.6 is 0 Å². The van der Waals surface area contributed by atoms with Crippen molar-refractivity contribution in [1.29, 1.82) is 0 Å². The monoisotopic (exact) mass is 277 g/mol. The number of carboxylic acids is 1. The summed E-state index contributed by atoms with van der Waals surface area (Å²) in [5.74, 6) is 0.309. The molecule has 1 aromatic rings. The molecule has 7 heteroatoms. The molecular formula is C13H15N3O4. The summed E-state index contributed by atoms with van der Waals surface area (Å²) < 4.78 is 1.05. The summed E-state index contributed by atoms with van der Waals surface area (Å²) in [6.45, 7) is 2.50. The van der Waals surface area contributed by atoms with Gasteiger partial charge in [0.25, 0.3) is 11.5 Å². The Hall–Kier alpha value is -2.62. The van der Waals surface area contributed by atoms with E-state index in [1.807, 2.05) is 0 Å². The third-order valence-electron chi connectivity index (χ3n) is 2.83. The highest BCUT2D eigenvalue weighted by atomic mass is 16.4. The number of hydrogen-bond donors (Lipinski definition) is 1. The minimum atomic E-state index is -1.20. The lowest BCUT2D eigenvalue weighted by Crippen LogP contribution is -2.41. The lowest BCUT2D eigenvalue weighted by atomic mass is 10.1. The highest BCUT2D eigenvalue weighted by molar-refractivity contribution is 5.97. The quantitative estimate of drug-likeness (QED) is 0.753. The van der Waals surface area contributed by atoms with Crippen molar-refractivity contribution in [3.05, 3.63) is 27.2 Å². The Kier molecular flexibility index (Phi) is 4.64. The molecule has 0 unspecified atom stereocenters. The average Bonchev–Trinajstić information content (AvgIpc) is 2.35. The van der Waals surface area contributed by atoms with Crippen molar-refractivity contribution < 1.29 is 14.7 Å². The summed E-state index contributed by atoms with van der Waals surface area (Å²) in [5, 5.41) is 12.8. The van der Waals surface area contributed by atoms with Crippen molar-refractivity contribution in [2.75, 3.05) is 13.1 Å². The van der Waals surface area contributed by atoms with E-state index in [0.717, 1.165) is 9.58 Å². The van der Waals surface area contributed by atoms with E-state index in [2.05, 4.69) is 11.0 Å². The van der Waals surface area contributed by atoms with Gasteiger partial charge in [0.1, 0.15) is 12.1 Å². The number of aliphatic carboxylic acids is 1. The Balaban J connectivity index is 3.36. The topological polar surface area (TPSA) is 92.5 Å². The van der Waals surface area contributed by atoms with E-state index in [9.17, 15) is 14.4 Å². The van der Waals surface area contributed by atoms with Crippen molar-refractivity contribution in [2.45, 2.75) is 13.8 Å². The van der Waals surface area contributed by atoms with Crippen molar-refractivity contribution in [3.63, 3.8) is 0 Å². The molecule has 0 aliphatic rings. The molecule has 1 N–H and O–H groups in total. The summed E-state index contributed by atoms with van der Waals surface area (Å²) in [4.78, 5) is 36.1. The minimum absolute atomic E-state index is 0.100. The van der Waals surface area contributed by atoms with E-state index >= 15 is 0 Å². The van der Waals surface area contributed by atoms with E-state index in [4.69, 9.17) is 11.5 Å². The fourth-order valence-corrected chi connectivity index (χ4v) is 1.73. The van der Waals surface area contributed by atoms with Gasteiger partial charge in [-0.3, -0.25) is 14.4 Å². The summed E-state index contributed by atoms with van der Waals surface area (Å²) >= 11 is 0. The van der Waals surface area contributed by atoms with Crippen molar-refractivity contribution >= 4 is 11.9 Å². The normalized spacial score (nSPS) is 9.90. The molecule has 7 nitrogen and oxygen atoms in total. The molecule has 20 heavy (non-hydrogen) atoms. The molecule has 0 saturated carbocycles. The molecule has 0 atom stereocenters. The maximum atomic E-state index is 12.3. The number of hydrogen-bond acceptors (Lipinski definition) is 4. The van der Waals surface area contributed by atoms with Gasteiger partial charge in [0, 0.05) is 7.05 Å². The van der Waals surface area contributed by atoms with Crippen LogP contribution < -0.4 is 5.56 Å². The fraction of sp³-hybridized carbons (Fsp3) is 0.385. The predicted molar refractivity (Wildman–Crippen MR) is 71.3 cm³/mol. The number of aryl methyl sites for hydroxylation is 2. The predicted octanol–water partition coefficient (Wildman–Crippen LogP) is -0.443. The van der Waals surface area contributed by atoms with Crippen LogP contribution in [0.5, 0.6) is 0 Å². The molecule has 0 fully saturated rings. The van der Waals surface area contributed by atoms with Crippen LogP contribution in [0.3, 0.4) is 0 Å². The highest BCUT2D eigenvalue weighted by Crippen LogP contribution is 2.09. The third-order valence-corrected chi connectivity index (χ3v) is 2.83. The van der Waals surface area contributed by atoms with E-state index in [1.165, 1.54) is 7.05 Å². The molecule has 0 aliphatic heterocycles. The Labute approximate surface area is 115 Å². The molecule has 1 amide bonds.